The van der Waals surface area contributed by atoms with Crippen LogP contribution in [-0.4, -0.2) is 12.5 Å². The molecule has 1 amide bonds. The molecule has 0 saturated carbocycles. The van der Waals surface area contributed by atoms with Crippen molar-refractivity contribution in [3.8, 4) is 0 Å². The van der Waals surface area contributed by atoms with Gasteiger partial charge in [0.25, 0.3) is 0 Å². The number of carbonyl (C=O) groups excluding carboxylic acids is 1. The number of carbonyl (C=O) groups is 1. The first kappa shape index (κ1) is 4.37. The average Bonchev–Trinajstić information content (AvgIpc) is 1.87. The highest BCUT2D eigenvalue weighted by Gasteiger charge is 2.10. The Morgan fingerprint density at radius 3 is 2.57 bits per heavy atom. The molecule has 1 N–H and O–H groups in total. The number of amides is 1. The quantitative estimate of drug-likeness (QED) is 0.425. The molecule has 1 aliphatic rings. The Hall–Kier alpha value is -0.790. The lowest BCUT2D eigenvalue weighted by Crippen LogP contribution is -2.12. The molecule has 0 radical (unpaired) electrons. The molecular formula is C5H7NO. The van der Waals surface area contributed by atoms with Crippen molar-refractivity contribution in [3.05, 3.63) is 12.2 Å². The molecule has 7 heavy (non-hydrogen) atoms. The van der Waals surface area contributed by atoms with Crippen LogP contribution in [0.1, 0.15) is 6.42 Å². The van der Waals surface area contributed by atoms with E-state index in [0.29, 0.717) is 13.0 Å². The molecule has 0 aromatic rings. The fraction of sp³-hybridized carbons (Fsp3) is 0.400. The number of rotatable bonds is 0. The first-order valence-corrected chi connectivity index (χ1v) is 2.22. The molecule has 0 unspecified atom stereocenters. The Morgan fingerprint density at radius 1 is 1.71 bits per heavy atom. The van der Waals surface area contributed by atoms with Crippen molar-refractivity contribution in [2.45, 2.75) is 6.42 Å². The van der Waals surface area contributed by atoms with Gasteiger partial charge in [0, 0.05) is 13.0 Å². The van der Waals surface area contributed by atoms with Crippen LogP contribution in [0.5, 0.6) is 0 Å². The standard InChI is InChI=1S/C5H7NO/c1-4-2-5(7)6-3-4/h1-3H2,(H,6,7). The lowest BCUT2D eigenvalue weighted by molar-refractivity contribution is -0.118. The summed E-state index contributed by atoms with van der Waals surface area (Å²) in [5.74, 6) is 0.102. The first-order chi connectivity index (χ1) is 3.29. The minimum absolute atomic E-state index is 0.102. The molecular weight excluding hydrogens is 90.1 g/mol. The monoisotopic (exact) mass is 97.1 g/mol. The highest BCUT2D eigenvalue weighted by molar-refractivity contribution is 5.81. The van der Waals surface area contributed by atoms with Crippen molar-refractivity contribution in [1.82, 2.24) is 5.32 Å². The van der Waals surface area contributed by atoms with Gasteiger partial charge in [-0.1, -0.05) is 6.58 Å². The number of hydrogen-bond acceptors (Lipinski definition) is 1. The van der Waals surface area contributed by atoms with Gasteiger partial charge >= 0.3 is 0 Å². The van der Waals surface area contributed by atoms with Gasteiger partial charge in [0.15, 0.2) is 0 Å². The molecule has 1 fully saturated rings. The second-order valence-corrected chi connectivity index (χ2v) is 1.70. The third-order valence-corrected chi connectivity index (χ3v) is 0.946. The third-order valence-electron chi connectivity index (χ3n) is 0.946. The van der Waals surface area contributed by atoms with Crippen molar-refractivity contribution in [3.63, 3.8) is 0 Å². The van der Waals surface area contributed by atoms with Crippen molar-refractivity contribution < 1.29 is 4.79 Å². The molecule has 2 nitrogen and oxygen atoms in total. The van der Waals surface area contributed by atoms with Crippen LogP contribution in [-0.2, 0) is 4.79 Å². The highest BCUT2D eigenvalue weighted by atomic mass is 16.1. The largest absolute Gasteiger partial charge is 0.352 e. The number of nitrogens with one attached hydrogen (secondary N) is 1. The van der Waals surface area contributed by atoms with Crippen LogP contribution in [0.15, 0.2) is 12.2 Å². The van der Waals surface area contributed by atoms with E-state index in [2.05, 4.69) is 11.9 Å². The second-order valence-electron chi connectivity index (χ2n) is 1.70. The fourth-order valence-corrected chi connectivity index (χ4v) is 0.576. The lowest BCUT2D eigenvalue weighted by Gasteiger charge is -1.80. The van der Waals surface area contributed by atoms with Crippen molar-refractivity contribution in [1.29, 1.82) is 0 Å². The maximum atomic E-state index is 10.3. The van der Waals surface area contributed by atoms with Gasteiger partial charge in [0.2, 0.25) is 5.91 Å². The molecule has 2 heteroatoms. The second kappa shape index (κ2) is 1.37. The van der Waals surface area contributed by atoms with Crippen molar-refractivity contribution in [2.75, 3.05) is 6.54 Å². The molecule has 0 atom stereocenters. The highest BCUT2D eigenvalue weighted by Crippen LogP contribution is 2.01. The topological polar surface area (TPSA) is 29.1 Å². The zero-order chi connectivity index (χ0) is 5.28. The van der Waals surface area contributed by atoms with Gasteiger partial charge in [-0.05, 0) is 5.57 Å². The van der Waals surface area contributed by atoms with Crippen LogP contribution in [0, 0.1) is 0 Å². The number of hydrogen-bond donors (Lipinski definition) is 1. The zero-order valence-corrected chi connectivity index (χ0v) is 4.03. The molecule has 0 aromatic carbocycles. The molecule has 0 spiro atoms. The van der Waals surface area contributed by atoms with Crippen LogP contribution < -0.4 is 5.32 Å². The molecule has 1 heterocycles. The maximum Gasteiger partial charge on any atom is 0.224 e. The maximum absolute atomic E-state index is 10.3. The Kier molecular flexibility index (Phi) is 0.855. The van der Waals surface area contributed by atoms with Gasteiger partial charge in [0.1, 0.15) is 0 Å². The van der Waals surface area contributed by atoms with Gasteiger partial charge in [-0.2, -0.15) is 0 Å². The Morgan fingerprint density at radius 2 is 2.43 bits per heavy atom. The van der Waals surface area contributed by atoms with E-state index in [4.69, 9.17) is 0 Å². The Labute approximate surface area is 42.2 Å². The summed E-state index contributed by atoms with van der Waals surface area (Å²) in [7, 11) is 0. The molecule has 1 rings (SSSR count). The van der Waals surface area contributed by atoms with E-state index < -0.39 is 0 Å². The predicted octanol–water partition coefficient (Wildman–Crippen LogP) is 0.0625. The predicted molar refractivity (Wildman–Crippen MR) is 26.8 cm³/mol. The first-order valence-electron chi connectivity index (χ1n) is 2.22. The van der Waals surface area contributed by atoms with Gasteiger partial charge in [-0.25, -0.2) is 0 Å². The van der Waals surface area contributed by atoms with Crippen LogP contribution >= 0.6 is 0 Å². The van der Waals surface area contributed by atoms with E-state index in [1.54, 1.807) is 0 Å². The van der Waals surface area contributed by atoms with E-state index in [1.165, 1.54) is 0 Å². The molecule has 0 bridgehead atoms. The summed E-state index contributed by atoms with van der Waals surface area (Å²) in [6.45, 7) is 4.30. The summed E-state index contributed by atoms with van der Waals surface area (Å²) in [5.41, 5.74) is 0.991. The molecule has 1 saturated heterocycles. The van der Waals surface area contributed by atoms with Crippen molar-refractivity contribution in [2.24, 2.45) is 0 Å². The van der Waals surface area contributed by atoms with Gasteiger partial charge < -0.3 is 5.32 Å². The fourth-order valence-electron chi connectivity index (χ4n) is 0.576. The van der Waals surface area contributed by atoms with Gasteiger partial charge in [-0.3, -0.25) is 4.79 Å². The molecule has 0 aromatic heterocycles. The average molecular weight is 97.1 g/mol. The van der Waals surface area contributed by atoms with E-state index >= 15 is 0 Å². The summed E-state index contributed by atoms with van der Waals surface area (Å²) in [6.07, 6.45) is 0.528. The van der Waals surface area contributed by atoms with Gasteiger partial charge in [-0.15, -0.1) is 0 Å². The van der Waals surface area contributed by atoms with Crippen LogP contribution in [0.25, 0.3) is 0 Å². The third kappa shape index (κ3) is 0.796. The SMILES string of the molecule is C=C1CNC(=O)C1. The normalized spacial score (nSPS) is 20.0. The van der Waals surface area contributed by atoms with E-state index in [1.807, 2.05) is 0 Å². The summed E-state index contributed by atoms with van der Waals surface area (Å²) >= 11 is 0. The Balaban J connectivity index is 2.55. The summed E-state index contributed by atoms with van der Waals surface area (Å²) in [5, 5.41) is 2.63. The molecule has 38 valence electrons. The smallest absolute Gasteiger partial charge is 0.224 e. The Bertz CT molecular complexity index is 103. The van der Waals surface area contributed by atoms with Crippen LogP contribution in [0.3, 0.4) is 0 Å². The minimum atomic E-state index is 0.102. The summed E-state index contributed by atoms with van der Waals surface area (Å²) in [6, 6.07) is 0. The van der Waals surface area contributed by atoms with E-state index in [9.17, 15) is 4.79 Å². The zero-order valence-electron chi connectivity index (χ0n) is 4.03. The summed E-state index contributed by atoms with van der Waals surface area (Å²) < 4.78 is 0. The van der Waals surface area contributed by atoms with Crippen molar-refractivity contribution >= 4 is 5.91 Å². The lowest BCUT2D eigenvalue weighted by atomic mass is 10.3. The molecule has 1 aliphatic heterocycles. The van der Waals surface area contributed by atoms with Gasteiger partial charge in [0.05, 0.1) is 0 Å². The van der Waals surface area contributed by atoms with E-state index in [-0.39, 0.29) is 5.91 Å². The van der Waals surface area contributed by atoms with E-state index in [0.717, 1.165) is 5.57 Å². The van der Waals surface area contributed by atoms with Crippen LogP contribution in [0.2, 0.25) is 0 Å². The minimum Gasteiger partial charge on any atom is -0.352 e. The summed E-state index contributed by atoms with van der Waals surface area (Å²) in [4.78, 5) is 10.3. The molecule has 0 aliphatic carbocycles. The van der Waals surface area contributed by atoms with Crippen LogP contribution in [0.4, 0.5) is 0 Å².